The van der Waals surface area contributed by atoms with Crippen molar-refractivity contribution in [3.63, 3.8) is 0 Å². The summed E-state index contributed by atoms with van der Waals surface area (Å²) in [5.74, 6) is -0.371. The molecule has 2 rings (SSSR count). The highest BCUT2D eigenvalue weighted by atomic mass is 35.5. The van der Waals surface area contributed by atoms with Crippen LogP contribution < -0.4 is 0 Å². The fourth-order valence-corrected chi connectivity index (χ4v) is 1.68. The van der Waals surface area contributed by atoms with Crippen LogP contribution in [0.25, 0.3) is 10.9 Å². The van der Waals surface area contributed by atoms with Crippen LogP contribution in [0.4, 0.5) is 0 Å². The zero-order chi connectivity index (χ0) is 11.0. The van der Waals surface area contributed by atoms with Gasteiger partial charge in [0, 0.05) is 24.8 Å². The topological polar surface area (TPSA) is 44.1 Å². The largest absolute Gasteiger partial charge is 0.465 e. The first-order chi connectivity index (χ1) is 7.13. The van der Waals surface area contributed by atoms with E-state index in [9.17, 15) is 4.79 Å². The van der Waals surface area contributed by atoms with E-state index < -0.39 is 0 Å². The molecule has 2 aromatic rings. The van der Waals surface area contributed by atoms with Crippen molar-refractivity contribution in [2.45, 2.75) is 0 Å². The Morgan fingerprint density at radius 3 is 3.00 bits per heavy atom. The summed E-state index contributed by atoms with van der Waals surface area (Å²) in [6.45, 7) is 0. The minimum absolute atomic E-state index is 0.371. The van der Waals surface area contributed by atoms with Gasteiger partial charge in [-0.2, -0.15) is 0 Å². The van der Waals surface area contributed by atoms with Crippen molar-refractivity contribution in [3.8, 4) is 0 Å². The first-order valence-corrected chi connectivity index (χ1v) is 4.70. The number of aromatic nitrogens is 2. The highest BCUT2D eigenvalue weighted by molar-refractivity contribution is 6.30. The molecule has 4 nitrogen and oxygen atoms in total. The van der Waals surface area contributed by atoms with Gasteiger partial charge in [-0.25, -0.2) is 9.78 Å². The molecule has 0 amide bonds. The van der Waals surface area contributed by atoms with Crippen molar-refractivity contribution in [3.05, 3.63) is 29.2 Å². The Bertz CT molecular complexity index is 533. The predicted molar refractivity (Wildman–Crippen MR) is 57.1 cm³/mol. The number of aryl methyl sites for hydroxylation is 1. The van der Waals surface area contributed by atoms with Crippen molar-refractivity contribution in [1.82, 2.24) is 9.55 Å². The zero-order valence-electron chi connectivity index (χ0n) is 8.32. The van der Waals surface area contributed by atoms with Crippen LogP contribution in [0.3, 0.4) is 0 Å². The summed E-state index contributed by atoms with van der Waals surface area (Å²) in [6.07, 6.45) is 3.28. The summed E-state index contributed by atoms with van der Waals surface area (Å²) >= 11 is 5.77. The van der Waals surface area contributed by atoms with Gasteiger partial charge in [0.25, 0.3) is 0 Å². The van der Waals surface area contributed by atoms with Gasteiger partial charge in [-0.05, 0) is 6.07 Å². The van der Waals surface area contributed by atoms with Crippen LogP contribution in [0.2, 0.25) is 5.15 Å². The molecule has 5 heteroatoms. The number of halogens is 1. The Labute approximate surface area is 91.4 Å². The van der Waals surface area contributed by atoms with E-state index in [4.69, 9.17) is 11.6 Å². The molecule has 0 aliphatic carbocycles. The van der Waals surface area contributed by atoms with Crippen molar-refractivity contribution in [1.29, 1.82) is 0 Å². The monoisotopic (exact) mass is 224 g/mol. The Hall–Kier alpha value is -1.55. The third-order valence-corrected chi connectivity index (χ3v) is 2.45. The van der Waals surface area contributed by atoms with E-state index in [-0.39, 0.29) is 5.97 Å². The molecule has 0 atom stereocenters. The number of hydrogen-bond donors (Lipinski definition) is 0. The first kappa shape index (κ1) is 9.98. The van der Waals surface area contributed by atoms with Gasteiger partial charge in [-0.3, -0.25) is 0 Å². The number of esters is 1. The minimum Gasteiger partial charge on any atom is -0.465 e. The molecule has 15 heavy (non-hydrogen) atoms. The van der Waals surface area contributed by atoms with Crippen LogP contribution in [0.15, 0.2) is 18.5 Å². The van der Waals surface area contributed by atoms with Gasteiger partial charge in [-0.1, -0.05) is 11.6 Å². The second-order valence-electron chi connectivity index (χ2n) is 3.17. The smallest absolute Gasteiger partial charge is 0.340 e. The van der Waals surface area contributed by atoms with E-state index in [2.05, 4.69) is 9.72 Å². The van der Waals surface area contributed by atoms with Gasteiger partial charge in [0.05, 0.1) is 18.2 Å². The molecule has 78 valence electrons. The standard InChI is InChI=1S/C10H9ClN2O2/c1-13-5-7(10(14)15-2)6-4-12-9(11)3-8(6)13/h3-5H,1-2H3. The Balaban J connectivity index is 2.73. The molecule has 0 spiro atoms. The molecule has 0 saturated heterocycles. The van der Waals surface area contributed by atoms with E-state index in [1.165, 1.54) is 7.11 Å². The van der Waals surface area contributed by atoms with Gasteiger partial charge in [0.1, 0.15) is 5.15 Å². The molecule has 0 bridgehead atoms. The van der Waals surface area contributed by atoms with Crippen molar-refractivity contribution >= 4 is 28.5 Å². The molecule has 0 fully saturated rings. The van der Waals surface area contributed by atoms with Gasteiger partial charge >= 0.3 is 5.97 Å². The molecule has 0 radical (unpaired) electrons. The Morgan fingerprint density at radius 1 is 1.60 bits per heavy atom. The number of pyridine rings is 1. The second kappa shape index (κ2) is 3.55. The lowest BCUT2D eigenvalue weighted by Crippen LogP contribution is -1.99. The maximum atomic E-state index is 11.4. The van der Waals surface area contributed by atoms with E-state index in [1.807, 2.05) is 11.6 Å². The number of nitrogens with zero attached hydrogens (tertiary/aromatic N) is 2. The highest BCUT2D eigenvalue weighted by Crippen LogP contribution is 2.22. The quantitative estimate of drug-likeness (QED) is 0.550. The predicted octanol–water partition coefficient (Wildman–Crippen LogP) is 2.01. The lowest BCUT2D eigenvalue weighted by Gasteiger charge is -1.96. The van der Waals surface area contributed by atoms with E-state index in [0.717, 1.165) is 10.9 Å². The van der Waals surface area contributed by atoms with E-state index in [1.54, 1.807) is 18.5 Å². The Morgan fingerprint density at radius 2 is 2.33 bits per heavy atom. The maximum Gasteiger partial charge on any atom is 0.340 e. The lowest BCUT2D eigenvalue weighted by molar-refractivity contribution is 0.0603. The van der Waals surface area contributed by atoms with Gasteiger partial charge in [0.2, 0.25) is 0 Å². The number of carbonyl (C=O) groups is 1. The van der Waals surface area contributed by atoms with Crippen molar-refractivity contribution in [2.75, 3.05) is 7.11 Å². The summed E-state index contributed by atoms with van der Waals surface area (Å²) in [5.41, 5.74) is 1.36. The third-order valence-electron chi connectivity index (χ3n) is 2.25. The van der Waals surface area contributed by atoms with Gasteiger partial charge in [0.15, 0.2) is 0 Å². The molecule has 0 aliphatic heterocycles. The lowest BCUT2D eigenvalue weighted by atomic mass is 10.2. The average molecular weight is 225 g/mol. The molecule has 0 unspecified atom stereocenters. The normalized spacial score (nSPS) is 10.6. The van der Waals surface area contributed by atoms with Crippen LogP contribution in [0.1, 0.15) is 10.4 Å². The molecule has 0 aromatic carbocycles. The molecular weight excluding hydrogens is 216 g/mol. The van der Waals surface area contributed by atoms with Gasteiger partial charge < -0.3 is 9.30 Å². The summed E-state index contributed by atoms with van der Waals surface area (Å²) in [6, 6.07) is 1.71. The van der Waals surface area contributed by atoms with E-state index >= 15 is 0 Å². The van der Waals surface area contributed by atoms with Gasteiger partial charge in [-0.15, -0.1) is 0 Å². The Kier molecular flexibility index (Phi) is 2.36. The van der Waals surface area contributed by atoms with Crippen LogP contribution in [-0.4, -0.2) is 22.6 Å². The van der Waals surface area contributed by atoms with Crippen LogP contribution >= 0.6 is 11.6 Å². The molecule has 0 aliphatic rings. The number of carbonyl (C=O) groups excluding carboxylic acids is 1. The van der Waals surface area contributed by atoms with E-state index in [0.29, 0.717) is 10.7 Å². The van der Waals surface area contributed by atoms with Crippen LogP contribution in [0.5, 0.6) is 0 Å². The summed E-state index contributed by atoms with van der Waals surface area (Å²) in [5, 5.41) is 1.15. The van der Waals surface area contributed by atoms with Crippen LogP contribution in [0, 0.1) is 0 Å². The number of fused-ring (bicyclic) bond motifs is 1. The third kappa shape index (κ3) is 1.57. The second-order valence-corrected chi connectivity index (χ2v) is 3.56. The first-order valence-electron chi connectivity index (χ1n) is 4.32. The minimum atomic E-state index is -0.371. The molecule has 2 heterocycles. The summed E-state index contributed by atoms with van der Waals surface area (Å²) < 4.78 is 6.49. The van der Waals surface area contributed by atoms with Crippen molar-refractivity contribution in [2.24, 2.45) is 7.05 Å². The zero-order valence-corrected chi connectivity index (χ0v) is 9.08. The summed E-state index contributed by atoms with van der Waals surface area (Å²) in [7, 11) is 3.19. The van der Waals surface area contributed by atoms with Crippen molar-refractivity contribution < 1.29 is 9.53 Å². The number of rotatable bonds is 1. The molecular formula is C10H9ClN2O2. The highest BCUT2D eigenvalue weighted by Gasteiger charge is 2.14. The average Bonchev–Trinajstić information content (AvgIpc) is 2.55. The number of hydrogen-bond acceptors (Lipinski definition) is 3. The van der Waals surface area contributed by atoms with Crippen LogP contribution in [-0.2, 0) is 11.8 Å². The summed E-state index contributed by atoms with van der Waals surface area (Å²) in [4.78, 5) is 15.4. The fourth-order valence-electron chi connectivity index (χ4n) is 1.52. The number of methoxy groups -OCH3 is 1. The number of ether oxygens (including phenoxy) is 1. The molecule has 2 aromatic heterocycles. The maximum absolute atomic E-state index is 11.4. The SMILES string of the molecule is COC(=O)c1cn(C)c2cc(Cl)ncc12. The molecule has 0 N–H and O–H groups in total. The fraction of sp³-hybridized carbons (Fsp3) is 0.200. The molecule has 0 saturated carbocycles.